The number of ether oxygens (including phenoxy) is 2. The molecule has 3 heterocycles. The first-order valence-corrected chi connectivity index (χ1v) is 10.2. The summed E-state index contributed by atoms with van der Waals surface area (Å²) in [5.41, 5.74) is 2.01. The molecule has 0 atom stereocenters. The van der Waals surface area contributed by atoms with Gasteiger partial charge >= 0.3 is 5.97 Å². The van der Waals surface area contributed by atoms with Crippen LogP contribution in [0.15, 0.2) is 51.0 Å². The Labute approximate surface area is 168 Å². The second-order valence-corrected chi connectivity index (χ2v) is 7.58. The molecule has 0 aliphatic rings. The lowest BCUT2D eigenvalue weighted by Gasteiger charge is -2.09. The number of para-hydroxylation sites is 1. The number of thiazole rings is 1. The van der Waals surface area contributed by atoms with Crippen LogP contribution in [0.4, 0.5) is 0 Å². The molecule has 0 unspecified atom stereocenters. The first-order chi connectivity index (χ1) is 13.7. The molecular weight excluding hydrogens is 398 g/mol. The molecule has 0 aliphatic carbocycles. The number of hydrogen-bond donors (Lipinski definition) is 0. The number of thiophene rings is 1. The maximum atomic E-state index is 12.5. The lowest BCUT2D eigenvalue weighted by Crippen LogP contribution is -2.08. The van der Waals surface area contributed by atoms with Crippen molar-refractivity contribution in [1.82, 2.24) is 15.1 Å². The number of carbonyl (C=O) groups excluding carboxylic acids is 1. The Morgan fingerprint density at radius 2 is 2.04 bits per heavy atom. The zero-order valence-corrected chi connectivity index (χ0v) is 16.5. The van der Waals surface area contributed by atoms with E-state index in [0.29, 0.717) is 17.1 Å². The molecule has 0 radical (unpaired) electrons. The lowest BCUT2D eigenvalue weighted by atomic mass is 10.2. The van der Waals surface area contributed by atoms with E-state index in [1.165, 1.54) is 0 Å². The number of esters is 1. The van der Waals surface area contributed by atoms with Gasteiger partial charge < -0.3 is 14.0 Å². The Kier molecular flexibility index (Phi) is 5.45. The van der Waals surface area contributed by atoms with Gasteiger partial charge in [0.05, 0.1) is 10.7 Å². The number of hydrogen-bond acceptors (Lipinski definition) is 9. The van der Waals surface area contributed by atoms with E-state index < -0.39 is 5.97 Å². The first kappa shape index (κ1) is 18.3. The van der Waals surface area contributed by atoms with E-state index in [2.05, 4.69) is 15.1 Å². The summed E-state index contributed by atoms with van der Waals surface area (Å²) in [6, 6.07) is 8.80. The summed E-state index contributed by atoms with van der Waals surface area (Å²) in [7, 11) is 0. The maximum absolute atomic E-state index is 12.5. The summed E-state index contributed by atoms with van der Waals surface area (Å²) in [6.07, 6.45) is 0. The molecule has 4 rings (SSSR count). The van der Waals surface area contributed by atoms with E-state index >= 15 is 0 Å². The highest BCUT2D eigenvalue weighted by atomic mass is 32.1. The van der Waals surface area contributed by atoms with E-state index in [-0.39, 0.29) is 19.1 Å². The van der Waals surface area contributed by atoms with E-state index in [4.69, 9.17) is 14.0 Å². The van der Waals surface area contributed by atoms with Crippen molar-refractivity contribution in [3.63, 3.8) is 0 Å². The molecule has 28 heavy (non-hydrogen) atoms. The fourth-order valence-corrected chi connectivity index (χ4v) is 3.65. The van der Waals surface area contributed by atoms with Crippen molar-refractivity contribution in [2.75, 3.05) is 0 Å². The summed E-state index contributed by atoms with van der Waals surface area (Å²) < 4.78 is 16.2. The van der Waals surface area contributed by atoms with Gasteiger partial charge in [-0.2, -0.15) is 16.3 Å². The summed E-state index contributed by atoms with van der Waals surface area (Å²) >= 11 is 3.09. The molecule has 3 aromatic heterocycles. The van der Waals surface area contributed by atoms with Gasteiger partial charge in [0.1, 0.15) is 17.9 Å². The minimum Gasteiger partial charge on any atom is -0.486 e. The molecule has 1 aromatic carbocycles. The summed E-state index contributed by atoms with van der Waals surface area (Å²) in [5.74, 6) is 0.600. The Morgan fingerprint density at radius 1 is 1.14 bits per heavy atom. The normalized spacial score (nSPS) is 10.8. The topological polar surface area (TPSA) is 87.3 Å². The third-order valence-corrected chi connectivity index (χ3v) is 5.23. The fraction of sp³-hybridized carbons (Fsp3) is 0.158. The zero-order chi connectivity index (χ0) is 19.3. The van der Waals surface area contributed by atoms with Crippen molar-refractivity contribution < 1.29 is 18.8 Å². The molecule has 0 saturated carbocycles. The third kappa shape index (κ3) is 4.26. The average Bonchev–Trinajstić information content (AvgIpc) is 3.46. The molecule has 142 valence electrons. The van der Waals surface area contributed by atoms with Gasteiger partial charge in [0.25, 0.3) is 5.89 Å². The molecule has 0 N–H and O–H groups in total. The smallest absolute Gasteiger partial charge is 0.342 e. The zero-order valence-electron chi connectivity index (χ0n) is 14.8. The Hall–Kier alpha value is -3.04. The van der Waals surface area contributed by atoms with Crippen LogP contribution < -0.4 is 4.74 Å². The molecule has 0 spiro atoms. The van der Waals surface area contributed by atoms with E-state index in [1.54, 1.807) is 46.9 Å². The van der Waals surface area contributed by atoms with E-state index in [1.807, 2.05) is 29.1 Å². The highest BCUT2D eigenvalue weighted by Gasteiger charge is 2.16. The number of rotatable bonds is 7. The van der Waals surface area contributed by atoms with Gasteiger partial charge in [-0.05, 0) is 30.5 Å². The van der Waals surface area contributed by atoms with Crippen LogP contribution in [0.1, 0.15) is 27.0 Å². The molecular formula is C19H15N3O4S2. The van der Waals surface area contributed by atoms with Crippen LogP contribution in [0, 0.1) is 6.92 Å². The van der Waals surface area contributed by atoms with Gasteiger partial charge in [-0.3, -0.25) is 0 Å². The number of aryl methyl sites for hydroxylation is 1. The van der Waals surface area contributed by atoms with Crippen LogP contribution in [-0.4, -0.2) is 21.1 Å². The molecule has 0 fully saturated rings. The summed E-state index contributed by atoms with van der Waals surface area (Å²) in [4.78, 5) is 21.1. The van der Waals surface area contributed by atoms with Crippen LogP contribution >= 0.6 is 22.7 Å². The number of nitrogens with zero attached hydrogens (tertiary/aromatic N) is 3. The molecule has 4 aromatic rings. The van der Waals surface area contributed by atoms with Crippen molar-refractivity contribution in [1.29, 1.82) is 0 Å². The molecule has 0 saturated heterocycles. The van der Waals surface area contributed by atoms with Crippen molar-refractivity contribution in [3.8, 4) is 17.1 Å². The average molecular weight is 413 g/mol. The Balaban J connectivity index is 1.39. The Bertz CT molecular complexity index is 1070. The van der Waals surface area contributed by atoms with E-state index in [9.17, 15) is 4.79 Å². The highest BCUT2D eigenvalue weighted by Crippen LogP contribution is 2.22. The fourth-order valence-electron chi connectivity index (χ4n) is 2.41. The van der Waals surface area contributed by atoms with Gasteiger partial charge in [-0.1, -0.05) is 17.3 Å². The van der Waals surface area contributed by atoms with Gasteiger partial charge in [-0.25, -0.2) is 9.78 Å². The predicted octanol–water partition coefficient (Wildman–Crippen LogP) is 4.50. The van der Waals surface area contributed by atoms with Gasteiger partial charge in [0, 0.05) is 16.3 Å². The number of carbonyl (C=O) groups is 1. The van der Waals surface area contributed by atoms with Crippen LogP contribution in [0.25, 0.3) is 11.4 Å². The third-order valence-electron chi connectivity index (χ3n) is 3.72. The van der Waals surface area contributed by atoms with E-state index in [0.717, 1.165) is 16.3 Å². The largest absolute Gasteiger partial charge is 0.486 e. The van der Waals surface area contributed by atoms with Crippen LogP contribution in [-0.2, 0) is 18.0 Å². The number of aromatic nitrogens is 3. The standard InChI is InChI=1S/C19H15N3O4S2/c1-12-20-14(11-28-12)8-24-16-5-3-2-4-15(16)19(23)25-9-17-21-18(22-26-17)13-6-7-27-10-13/h2-7,10-11H,8-9H2,1H3. The lowest BCUT2D eigenvalue weighted by molar-refractivity contribution is 0.0424. The summed E-state index contributed by atoms with van der Waals surface area (Å²) in [6.45, 7) is 2.10. The monoisotopic (exact) mass is 413 g/mol. The molecule has 0 aliphatic heterocycles. The minimum atomic E-state index is -0.527. The molecule has 9 heteroatoms. The van der Waals surface area contributed by atoms with Gasteiger partial charge in [0.2, 0.25) is 5.82 Å². The minimum absolute atomic E-state index is 0.115. The first-order valence-electron chi connectivity index (χ1n) is 8.34. The van der Waals surface area contributed by atoms with Gasteiger partial charge in [0.15, 0.2) is 6.61 Å². The Morgan fingerprint density at radius 3 is 2.82 bits per heavy atom. The molecule has 7 nitrogen and oxygen atoms in total. The predicted molar refractivity (Wildman–Crippen MR) is 104 cm³/mol. The highest BCUT2D eigenvalue weighted by molar-refractivity contribution is 7.09. The number of benzene rings is 1. The SMILES string of the molecule is Cc1nc(COc2ccccc2C(=O)OCc2nc(-c3ccsc3)no2)cs1. The van der Waals surface area contributed by atoms with Crippen LogP contribution in [0.2, 0.25) is 0 Å². The second kappa shape index (κ2) is 8.32. The van der Waals surface area contributed by atoms with Crippen LogP contribution in [0.5, 0.6) is 5.75 Å². The van der Waals surface area contributed by atoms with Crippen LogP contribution in [0.3, 0.4) is 0 Å². The van der Waals surface area contributed by atoms with Crippen molar-refractivity contribution in [2.24, 2.45) is 0 Å². The molecule has 0 amide bonds. The quantitative estimate of drug-likeness (QED) is 0.412. The molecule has 0 bridgehead atoms. The summed E-state index contributed by atoms with van der Waals surface area (Å²) in [5, 5.41) is 10.6. The van der Waals surface area contributed by atoms with Crippen molar-refractivity contribution in [3.05, 3.63) is 68.6 Å². The maximum Gasteiger partial charge on any atom is 0.342 e. The van der Waals surface area contributed by atoms with Crippen molar-refractivity contribution >= 4 is 28.6 Å². The van der Waals surface area contributed by atoms with Gasteiger partial charge in [-0.15, -0.1) is 11.3 Å². The van der Waals surface area contributed by atoms with Crippen molar-refractivity contribution in [2.45, 2.75) is 20.1 Å². The second-order valence-electron chi connectivity index (χ2n) is 5.74.